The SMILES string of the molecule is CC[C@H](C)[C@@H]([C@@H](CC(=O)N1CCC[C@H]1[C@H](OC)[C@@H](C)C(=O)N[C@@H](C)CO)OC)N(C)C(=O)[C@@H](NC(=O)[C@@H](N)CNS(C)(=O)=O)C(C)C. The zero-order chi connectivity index (χ0) is 36.2. The number of carbonyl (C=O) groups is 4. The van der Waals surface area contributed by atoms with Gasteiger partial charge in [-0.1, -0.05) is 41.0 Å². The van der Waals surface area contributed by atoms with E-state index in [2.05, 4.69) is 15.4 Å². The van der Waals surface area contributed by atoms with Crippen LogP contribution in [0.2, 0.25) is 0 Å². The topological polar surface area (TPSA) is 210 Å². The van der Waals surface area contributed by atoms with Gasteiger partial charge in [-0.15, -0.1) is 0 Å². The first-order chi connectivity index (χ1) is 21.8. The number of sulfonamides is 1. The van der Waals surface area contributed by atoms with Gasteiger partial charge in [0.25, 0.3) is 0 Å². The highest BCUT2D eigenvalue weighted by Gasteiger charge is 2.43. The second kappa shape index (κ2) is 19.6. The Balaban J connectivity index is 3.20. The van der Waals surface area contributed by atoms with Gasteiger partial charge >= 0.3 is 0 Å². The van der Waals surface area contributed by atoms with Gasteiger partial charge in [-0.25, -0.2) is 13.1 Å². The van der Waals surface area contributed by atoms with Crippen LogP contribution in [0.5, 0.6) is 0 Å². The molecular weight excluding hydrogens is 632 g/mol. The van der Waals surface area contributed by atoms with Crippen molar-refractivity contribution >= 4 is 33.7 Å². The average molecular weight is 693 g/mol. The van der Waals surface area contributed by atoms with Crippen LogP contribution in [0.4, 0.5) is 0 Å². The molecule has 0 saturated carbocycles. The second-order valence-corrected chi connectivity index (χ2v) is 15.0. The first kappa shape index (κ1) is 42.7. The van der Waals surface area contributed by atoms with E-state index in [0.29, 0.717) is 19.4 Å². The highest BCUT2D eigenvalue weighted by molar-refractivity contribution is 7.88. The molecule has 1 aliphatic rings. The summed E-state index contributed by atoms with van der Waals surface area (Å²) in [5.74, 6) is -2.55. The van der Waals surface area contributed by atoms with E-state index in [1.165, 1.54) is 19.1 Å². The lowest BCUT2D eigenvalue weighted by Gasteiger charge is -2.41. The highest BCUT2D eigenvalue weighted by atomic mass is 32.2. The van der Waals surface area contributed by atoms with E-state index in [9.17, 15) is 32.7 Å². The maximum atomic E-state index is 13.9. The number of aliphatic hydroxyl groups is 1. The molecule has 0 radical (unpaired) electrons. The number of carbonyl (C=O) groups excluding carboxylic acids is 4. The normalized spacial score (nSPS) is 20.4. The average Bonchev–Trinajstić information content (AvgIpc) is 3.50. The van der Waals surface area contributed by atoms with Crippen LogP contribution in [0, 0.1) is 17.8 Å². The molecule has 0 bridgehead atoms. The molecule has 16 heteroatoms. The van der Waals surface area contributed by atoms with Crippen molar-refractivity contribution in [1.82, 2.24) is 25.2 Å². The lowest BCUT2D eigenvalue weighted by atomic mass is 9.89. The summed E-state index contributed by atoms with van der Waals surface area (Å²) in [6.07, 6.45) is 1.73. The number of methoxy groups -OCH3 is 2. The second-order valence-electron chi connectivity index (χ2n) is 13.1. The zero-order valence-electron chi connectivity index (χ0n) is 29.8. The van der Waals surface area contributed by atoms with Crippen molar-refractivity contribution in [3.63, 3.8) is 0 Å². The third-order valence-electron chi connectivity index (χ3n) is 9.05. The number of amides is 4. The molecule has 0 aromatic carbocycles. The molecule has 0 aromatic heterocycles. The van der Waals surface area contributed by atoms with E-state index in [1.807, 2.05) is 13.8 Å². The molecule has 9 atom stereocenters. The molecule has 0 aromatic rings. The van der Waals surface area contributed by atoms with Crippen LogP contribution < -0.4 is 21.1 Å². The van der Waals surface area contributed by atoms with Crippen LogP contribution in [0.25, 0.3) is 0 Å². The lowest BCUT2D eigenvalue weighted by Crippen LogP contribution is -2.60. The first-order valence-corrected chi connectivity index (χ1v) is 18.3. The Bertz CT molecular complexity index is 1140. The molecule has 1 rings (SSSR count). The molecule has 0 aliphatic carbocycles. The van der Waals surface area contributed by atoms with Gasteiger partial charge in [-0.2, -0.15) is 0 Å². The molecule has 4 amide bonds. The number of nitrogens with one attached hydrogen (secondary N) is 3. The molecule has 1 fully saturated rings. The molecule has 0 spiro atoms. The van der Waals surface area contributed by atoms with E-state index in [1.54, 1.807) is 39.6 Å². The first-order valence-electron chi connectivity index (χ1n) is 16.4. The Hall–Kier alpha value is -2.37. The monoisotopic (exact) mass is 692 g/mol. The van der Waals surface area contributed by atoms with Crippen molar-refractivity contribution in [1.29, 1.82) is 0 Å². The third kappa shape index (κ3) is 12.5. The quantitative estimate of drug-likeness (QED) is 0.110. The molecule has 1 heterocycles. The number of likely N-dealkylation sites (tertiary alicyclic amines) is 1. The highest BCUT2D eigenvalue weighted by Crippen LogP contribution is 2.29. The van der Waals surface area contributed by atoms with Crippen molar-refractivity contribution in [3.05, 3.63) is 0 Å². The van der Waals surface area contributed by atoms with Gasteiger partial charge in [0, 0.05) is 40.4 Å². The fourth-order valence-corrected chi connectivity index (χ4v) is 6.54. The van der Waals surface area contributed by atoms with Gasteiger partial charge in [0.2, 0.25) is 33.7 Å². The van der Waals surface area contributed by atoms with Crippen LogP contribution in [0.15, 0.2) is 0 Å². The third-order valence-corrected chi connectivity index (χ3v) is 9.74. The molecule has 1 saturated heterocycles. The van der Waals surface area contributed by atoms with Crippen LogP contribution in [0.1, 0.15) is 67.2 Å². The number of hydrogen-bond acceptors (Lipinski definition) is 10. The number of ether oxygens (including phenoxy) is 2. The van der Waals surface area contributed by atoms with Crippen molar-refractivity contribution in [2.45, 2.75) is 110 Å². The summed E-state index contributed by atoms with van der Waals surface area (Å²) in [5.41, 5.74) is 5.90. The molecule has 6 N–H and O–H groups in total. The summed E-state index contributed by atoms with van der Waals surface area (Å²) in [6, 6.07) is -3.48. The van der Waals surface area contributed by atoms with Gasteiger partial charge in [0.1, 0.15) is 6.04 Å². The summed E-state index contributed by atoms with van der Waals surface area (Å²) in [7, 11) is 1.06. The molecular formula is C31H60N6O9S. The minimum absolute atomic E-state index is 0.0288. The van der Waals surface area contributed by atoms with Gasteiger partial charge in [-0.3, -0.25) is 19.2 Å². The lowest BCUT2D eigenvalue weighted by molar-refractivity contribution is -0.147. The Labute approximate surface area is 281 Å². The standard InChI is InChI=1S/C31H60N6O9S/c1-11-19(4)27(36(7)31(42)26(18(2)3)35-30(41)22(32)16-33-47(10,43)44)24(45-8)15-25(39)37-14-12-13-23(37)28(46-9)21(6)29(40)34-20(5)17-38/h18-24,26-28,33,38H,11-17,32H2,1-10H3,(H,34,40)(H,35,41)/t19-,20-,21+,22-,23-,24+,26-,27-,28+/m0/s1. The fourth-order valence-electron chi connectivity index (χ4n) is 6.05. The number of nitrogens with two attached hydrogens (primary N) is 1. The Morgan fingerprint density at radius 3 is 2.15 bits per heavy atom. The molecule has 15 nitrogen and oxygen atoms in total. The van der Waals surface area contributed by atoms with E-state index >= 15 is 0 Å². The number of aliphatic hydroxyl groups excluding tert-OH is 1. The maximum absolute atomic E-state index is 13.9. The molecule has 1 aliphatic heterocycles. The van der Waals surface area contributed by atoms with Gasteiger partial charge in [0.05, 0.1) is 55.5 Å². The number of rotatable bonds is 20. The van der Waals surface area contributed by atoms with Gasteiger partial charge in [0.15, 0.2) is 0 Å². The van der Waals surface area contributed by atoms with Gasteiger partial charge < -0.3 is 40.7 Å². The molecule has 274 valence electrons. The predicted octanol–water partition coefficient (Wildman–Crippen LogP) is -0.579. The number of nitrogens with zero attached hydrogens (tertiary/aromatic N) is 2. The van der Waals surface area contributed by atoms with Crippen molar-refractivity contribution < 1.29 is 42.2 Å². The Kier molecular flexibility index (Phi) is 17.8. The maximum Gasteiger partial charge on any atom is 0.245 e. The van der Waals surface area contributed by atoms with Gasteiger partial charge in [-0.05, 0) is 31.6 Å². The summed E-state index contributed by atoms with van der Waals surface area (Å²) in [4.78, 5) is 56.8. The van der Waals surface area contributed by atoms with Crippen molar-refractivity contribution in [2.24, 2.45) is 23.5 Å². The van der Waals surface area contributed by atoms with Crippen LogP contribution in [-0.4, -0.2) is 137 Å². The van der Waals surface area contributed by atoms with E-state index in [4.69, 9.17) is 15.2 Å². The summed E-state index contributed by atoms with van der Waals surface area (Å²) < 4.78 is 36.8. The van der Waals surface area contributed by atoms with E-state index in [-0.39, 0.29) is 49.3 Å². The fraction of sp³-hybridized carbons (Fsp3) is 0.871. The van der Waals surface area contributed by atoms with Crippen LogP contribution >= 0.6 is 0 Å². The summed E-state index contributed by atoms with van der Waals surface area (Å²) in [6.45, 7) is 10.9. The Morgan fingerprint density at radius 2 is 1.66 bits per heavy atom. The van der Waals surface area contributed by atoms with Crippen LogP contribution in [-0.2, 0) is 38.7 Å². The largest absolute Gasteiger partial charge is 0.394 e. The smallest absolute Gasteiger partial charge is 0.245 e. The van der Waals surface area contributed by atoms with E-state index in [0.717, 1.165) is 12.7 Å². The Morgan fingerprint density at radius 1 is 1.04 bits per heavy atom. The summed E-state index contributed by atoms with van der Waals surface area (Å²) >= 11 is 0. The van der Waals surface area contributed by atoms with Crippen LogP contribution in [0.3, 0.4) is 0 Å². The van der Waals surface area contributed by atoms with E-state index < -0.39 is 64.1 Å². The molecule has 0 unspecified atom stereocenters. The zero-order valence-corrected chi connectivity index (χ0v) is 30.6. The van der Waals surface area contributed by atoms with Crippen molar-refractivity contribution in [3.8, 4) is 0 Å². The minimum atomic E-state index is -3.57. The number of likely N-dealkylation sites (N-methyl/N-ethyl adjacent to an activating group) is 1. The molecule has 47 heavy (non-hydrogen) atoms. The predicted molar refractivity (Wildman–Crippen MR) is 178 cm³/mol. The van der Waals surface area contributed by atoms with Crippen molar-refractivity contribution in [2.75, 3.05) is 47.2 Å². The minimum Gasteiger partial charge on any atom is -0.394 e. The summed E-state index contributed by atoms with van der Waals surface area (Å²) in [5, 5.41) is 14.8. The number of hydrogen-bond donors (Lipinski definition) is 5.